The lowest BCUT2D eigenvalue weighted by molar-refractivity contribution is -0.123. The molecule has 0 aromatic heterocycles. The predicted octanol–water partition coefficient (Wildman–Crippen LogP) is 1.67. The van der Waals surface area contributed by atoms with Gasteiger partial charge in [-0.15, -0.1) is 0 Å². The van der Waals surface area contributed by atoms with E-state index >= 15 is 0 Å². The number of hydrogen-bond acceptors (Lipinski definition) is 2. The zero-order valence-corrected chi connectivity index (χ0v) is 10.3. The van der Waals surface area contributed by atoms with E-state index in [4.69, 9.17) is 5.73 Å². The molecule has 0 spiro atoms. The van der Waals surface area contributed by atoms with Crippen LogP contribution in [0, 0.1) is 17.3 Å². The summed E-state index contributed by atoms with van der Waals surface area (Å²) < 4.78 is 0. The molecule has 2 aliphatic carbocycles. The first-order chi connectivity index (χ1) is 7.67. The fourth-order valence-corrected chi connectivity index (χ4v) is 2.85. The van der Waals surface area contributed by atoms with Gasteiger partial charge in [-0.2, -0.15) is 0 Å². The van der Waals surface area contributed by atoms with Crippen LogP contribution < -0.4 is 11.1 Å². The Bertz CT molecular complexity index is 259. The number of carbonyl (C=O) groups is 1. The minimum Gasteiger partial charge on any atom is -0.355 e. The van der Waals surface area contributed by atoms with Crippen LogP contribution in [0.3, 0.4) is 0 Å². The Hall–Kier alpha value is -0.570. The van der Waals surface area contributed by atoms with Gasteiger partial charge in [0.25, 0.3) is 0 Å². The molecule has 2 aliphatic rings. The van der Waals surface area contributed by atoms with Gasteiger partial charge < -0.3 is 11.1 Å². The molecule has 2 unspecified atom stereocenters. The van der Waals surface area contributed by atoms with E-state index in [1.165, 1.54) is 32.1 Å². The molecule has 3 heteroatoms. The van der Waals surface area contributed by atoms with Crippen molar-refractivity contribution in [2.24, 2.45) is 23.0 Å². The van der Waals surface area contributed by atoms with Gasteiger partial charge in [-0.1, -0.05) is 26.2 Å². The molecule has 92 valence electrons. The van der Waals surface area contributed by atoms with Crippen LogP contribution in [-0.4, -0.2) is 19.0 Å². The summed E-state index contributed by atoms with van der Waals surface area (Å²) in [5, 5.41) is 3.12. The molecule has 3 nitrogen and oxygen atoms in total. The summed E-state index contributed by atoms with van der Waals surface area (Å²) in [7, 11) is 0. The van der Waals surface area contributed by atoms with Crippen LogP contribution in [0.15, 0.2) is 0 Å². The van der Waals surface area contributed by atoms with Crippen LogP contribution in [0.5, 0.6) is 0 Å². The summed E-state index contributed by atoms with van der Waals surface area (Å²) >= 11 is 0. The van der Waals surface area contributed by atoms with E-state index in [0.717, 1.165) is 13.0 Å². The molecular weight excluding hydrogens is 200 g/mol. The minimum atomic E-state index is 0.200. The highest BCUT2D eigenvalue weighted by Crippen LogP contribution is 2.38. The molecule has 0 aromatic rings. The van der Waals surface area contributed by atoms with Crippen molar-refractivity contribution in [3.63, 3.8) is 0 Å². The van der Waals surface area contributed by atoms with Crippen molar-refractivity contribution in [3.8, 4) is 0 Å². The fraction of sp³-hybridized carbons (Fsp3) is 0.923. The van der Waals surface area contributed by atoms with Crippen LogP contribution >= 0.6 is 0 Å². The monoisotopic (exact) mass is 224 g/mol. The Kier molecular flexibility index (Phi) is 3.53. The van der Waals surface area contributed by atoms with Crippen LogP contribution in [-0.2, 0) is 4.79 Å². The summed E-state index contributed by atoms with van der Waals surface area (Å²) in [6, 6.07) is 0. The van der Waals surface area contributed by atoms with Gasteiger partial charge in [-0.25, -0.2) is 0 Å². The Morgan fingerprint density at radius 1 is 1.38 bits per heavy atom. The molecule has 0 bridgehead atoms. The molecule has 0 radical (unpaired) electrons. The number of nitrogens with one attached hydrogen (secondary N) is 1. The predicted molar refractivity (Wildman–Crippen MR) is 64.9 cm³/mol. The summed E-state index contributed by atoms with van der Waals surface area (Å²) in [6.45, 7) is 3.66. The lowest BCUT2D eigenvalue weighted by Gasteiger charge is -2.36. The molecule has 0 aliphatic heterocycles. The van der Waals surface area contributed by atoms with Crippen LogP contribution in [0.1, 0.15) is 45.4 Å². The van der Waals surface area contributed by atoms with E-state index in [1.54, 1.807) is 0 Å². The lowest BCUT2D eigenvalue weighted by atomic mass is 9.74. The van der Waals surface area contributed by atoms with E-state index in [2.05, 4.69) is 12.2 Å². The van der Waals surface area contributed by atoms with E-state index in [-0.39, 0.29) is 11.3 Å². The van der Waals surface area contributed by atoms with Gasteiger partial charge >= 0.3 is 0 Å². The number of hydrogen-bond donors (Lipinski definition) is 2. The third kappa shape index (κ3) is 2.57. The standard InChI is InChI=1S/C13H24N2O/c1-10-7-11(10)12(16)15-9-13(8-14)5-3-2-4-6-13/h10-11H,2-9,14H2,1H3,(H,15,16). The van der Waals surface area contributed by atoms with Crippen molar-refractivity contribution in [2.75, 3.05) is 13.1 Å². The maximum absolute atomic E-state index is 11.8. The first-order valence-electron chi connectivity index (χ1n) is 6.65. The topological polar surface area (TPSA) is 55.1 Å². The summed E-state index contributed by atoms with van der Waals surface area (Å²) in [6.07, 6.45) is 7.31. The molecule has 3 N–H and O–H groups in total. The average Bonchev–Trinajstić information content (AvgIpc) is 3.05. The second-order valence-corrected chi connectivity index (χ2v) is 5.80. The third-order valence-corrected chi connectivity index (χ3v) is 4.43. The average molecular weight is 224 g/mol. The van der Waals surface area contributed by atoms with Crippen molar-refractivity contribution >= 4 is 5.91 Å². The highest BCUT2D eigenvalue weighted by Gasteiger charge is 2.40. The molecule has 1 amide bonds. The summed E-state index contributed by atoms with van der Waals surface area (Å²) in [5.41, 5.74) is 6.09. The third-order valence-electron chi connectivity index (χ3n) is 4.43. The van der Waals surface area contributed by atoms with Crippen molar-refractivity contribution in [3.05, 3.63) is 0 Å². The largest absolute Gasteiger partial charge is 0.355 e. The van der Waals surface area contributed by atoms with Gasteiger partial charge in [0, 0.05) is 12.5 Å². The highest BCUT2D eigenvalue weighted by molar-refractivity contribution is 5.81. The van der Waals surface area contributed by atoms with Gasteiger partial charge in [0.15, 0.2) is 0 Å². The van der Waals surface area contributed by atoms with Gasteiger partial charge in [-0.3, -0.25) is 4.79 Å². The van der Waals surface area contributed by atoms with Crippen LogP contribution in [0.4, 0.5) is 0 Å². The molecule has 0 aromatic carbocycles. The quantitative estimate of drug-likeness (QED) is 0.763. The van der Waals surface area contributed by atoms with Gasteiger partial charge in [-0.05, 0) is 37.1 Å². The molecule has 2 saturated carbocycles. The van der Waals surface area contributed by atoms with Crippen molar-refractivity contribution < 1.29 is 4.79 Å². The molecule has 2 atom stereocenters. The van der Waals surface area contributed by atoms with Crippen molar-refractivity contribution in [1.29, 1.82) is 0 Å². The van der Waals surface area contributed by atoms with Crippen molar-refractivity contribution in [2.45, 2.75) is 45.4 Å². The molecule has 16 heavy (non-hydrogen) atoms. The second kappa shape index (κ2) is 4.74. The Morgan fingerprint density at radius 2 is 2.00 bits per heavy atom. The Labute approximate surface area is 98.2 Å². The second-order valence-electron chi connectivity index (χ2n) is 5.80. The van der Waals surface area contributed by atoms with E-state index < -0.39 is 0 Å². The molecule has 0 heterocycles. The molecule has 0 saturated heterocycles. The normalized spacial score (nSPS) is 32.1. The maximum Gasteiger partial charge on any atom is 0.223 e. The lowest BCUT2D eigenvalue weighted by Crippen LogP contribution is -2.44. The van der Waals surface area contributed by atoms with Gasteiger partial charge in [0.1, 0.15) is 0 Å². The number of nitrogens with two attached hydrogens (primary N) is 1. The number of rotatable bonds is 4. The highest BCUT2D eigenvalue weighted by atomic mass is 16.2. The van der Waals surface area contributed by atoms with E-state index in [0.29, 0.717) is 18.4 Å². The number of amides is 1. The Balaban J connectivity index is 1.80. The first kappa shape index (κ1) is 11.9. The summed E-state index contributed by atoms with van der Waals surface area (Å²) in [4.78, 5) is 11.8. The zero-order valence-electron chi connectivity index (χ0n) is 10.3. The molecule has 2 fully saturated rings. The molecule has 2 rings (SSSR count). The van der Waals surface area contributed by atoms with Crippen LogP contribution in [0.2, 0.25) is 0 Å². The zero-order chi connectivity index (χ0) is 11.6. The van der Waals surface area contributed by atoms with Gasteiger partial charge in [0.05, 0.1) is 0 Å². The van der Waals surface area contributed by atoms with Crippen molar-refractivity contribution in [1.82, 2.24) is 5.32 Å². The SMILES string of the molecule is CC1CC1C(=O)NCC1(CN)CCCCC1. The molecular formula is C13H24N2O. The number of carbonyl (C=O) groups excluding carboxylic acids is 1. The van der Waals surface area contributed by atoms with E-state index in [1.807, 2.05) is 0 Å². The first-order valence-corrected chi connectivity index (χ1v) is 6.65. The van der Waals surface area contributed by atoms with Gasteiger partial charge in [0.2, 0.25) is 5.91 Å². The minimum absolute atomic E-state index is 0.200. The summed E-state index contributed by atoms with van der Waals surface area (Å²) in [5.74, 6) is 1.14. The van der Waals surface area contributed by atoms with E-state index in [9.17, 15) is 4.79 Å². The fourth-order valence-electron chi connectivity index (χ4n) is 2.85. The Morgan fingerprint density at radius 3 is 2.50 bits per heavy atom. The van der Waals surface area contributed by atoms with Crippen LogP contribution in [0.25, 0.3) is 0 Å². The maximum atomic E-state index is 11.8. The smallest absolute Gasteiger partial charge is 0.223 e.